The summed E-state index contributed by atoms with van der Waals surface area (Å²) >= 11 is 18.8. The third-order valence-corrected chi connectivity index (χ3v) is 9.61. The standard InChI is InChI=1S/C39H61Cl3N2O9S/c1-23(17-18-29(44-34(48)53-37(9,10)11)25(3)19-28-21-54-27(5)43-28)15-14-16-24(2)32(51-35(49)50-22-39(40,41)42)26(4)33(47)38(12,13)30(45)20-31(46)52-36(6,7)8/h17,19,21,24,26,29-30,32,45H,14-16,18,20,22H2,1-13H3,(H,44,48)/b23-17-,25-19+/t24-,26+,29-,30-,32-/m0/s1. The first kappa shape index (κ1) is 49.6. The fraction of sp³-hybridized carbons (Fsp3) is 0.718. The number of alkyl halides is 3. The minimum Gasteiger partial charge on any atom is -0.460 e. The van der Waals surface area contributed by atoms with Crippen molar-refractivity contribution in [2.45, 2.75) is 155 Å². The minimum absolute atomic E-state index is 0.340. The molecule has 11 nitrogen and oxygen atoms in total. The number of carbonyl (C=O) groups is 4. The van der Waals surface area contributed by atoms with Crippen LogP contribution in [0.2, 0.25) is 0 Å². The Kier molecular flexibility index (Phi) is 19.5. The number of hydrogen-bond acceptors (Lipinski definition) is 11. The van der Waals surface area contributed by atoms with Gasteiger partial charge in [0.05, 0.1) is 40.6 Å². The molecule has 1 aromatic heterocycles. The van der Waals surface area contributed by atoms with Gasteiger partial charge in [-0.25, -0.2) is 14.6 Å². The Morgan fingerprint density at radius 1 is 0.981 bits per heavy atom. The first-order valence-corrected chi connectivity index (χ1v) is 20.1. The van der Waals surface area contributed by atoms with Crippen LogP contribution in [0.5, 0.6) is 0 Å². The van der Waals surface area contributed by atoms with Crippen LogP contribution in [0.25, 0.3) is 6.08 Å². The summed E-state index contributed by atoms with van der Waals surface area (Å²) in [6.45, 7) is 22.4. The Morgan fingerprint density at radius 3 is 2.09 bits per heavy atom. The highest BCUT2D eigenvalue weighted by atomic mass is 35.6. The lowest BCUT2D eigenvalue weighted by molar-refractivity contribution is -0.160. The number of Topliss-reactive ketones (excluding diaryl/α,β-unsaturated/α-hetero) is 1. The van der Waals surface area contributed by atoms with Gasteiger partial charge in [0.15, 0.2) is 0 Å². The predicted octanol–water partition coefficient (Wildman–Crippen LogP) is 10.1. The molecule has 54 heavy (non-hydrogen) atoms. The molecule has 0 aliphatic heterocycles. The van der Waals surface area contributed by atoms with E-state index in [9.17, 15) is 24.3 Å². The second-order valence-corrected chi connectivity index (χ2v) is 20.0. The van der Waals surface area contributed by atoms with Gasteiger partial charge in [-0.15, -0.1) is 11.3 Å². The van der Waals surface area contributed by atoms with Crippen molar-refractivity contribution in [1.29, 1.82) is 0 Å². The predicted molar refractivity (Wildman–Crippen MR) is 216 cm³/mol. The van der Waals surface area contributed by atoms with Gasteiger partial charge < -0.3 is 29.4 Å². The zero-order valence-electron chi connectivity index (χ0n) is 34.1. The lowest BCUT2D eigenvalue weighted by Gasteiger charge is -2.36. The highest BCUT2D eigenvalue weighted by molar-refractivity contribution is 7.09. The number of aliphatic hydroxyl groups excluding tert-OH is 1. The Labute approximate surface area is 340 Å². The molecule has 1 rings (SSSR count). The van der Waals surface area contributed by atoms with Crippen LogP contribution in [0.4, 0.5) is 9.59 Å². The lowest BCUT2D eigenvalue weighted by atomic mass is 9.73. The number of allylic oxidation sites excluding steroid dienone is 1. The number of nitrogens with zero attached hydrogens (tertiary/aromatic N) is 1. The molecular weight excluding hydrogens is 779 g/mol. The number of ketones is 1. The molecule has 0 aromatic carbocycles. The number of aromatic nitrogens is 1. The second kappa shape index (κ2) is 21.2. The van der Waals surface area contributed by atoms with E-state index < -0.39 is 75.6 Å². The van der Waals surface area contributed by atoms with Crippen molar-refractivity contribution in [2.75, 3.05) is 6.61 Å². The maximum atomic E-state index is 13.9. The van der Waals surface area contributed by atoms with E-state index in [-0.39, 0.29) is 12.0 Å². The smallest absolute Gasteiger partial charge is 0.460 e. The van der Waals surface area contributed by atoms with E-state index >= 15 is 0 Å². The molecule has 1 heterocycles. The van der Waals surface area contributed by atoms with Gasteiger partial charge in [0.25, 0.3) is 0 Å². The number of aliphatic hydroxyl groups is 1. The molecule has 0 spiro atoms. The Morgan fingerprint density at radius 2 is 1.57 bits per heavy atom. The second-order valence-electron chi connectivity index (χ2n) is 16.5. The molecule has 0 saturated heterocycles. The first-order valence-electron chi connectivity index (χ1n) is 18.1. The Balaban J connectivity index is 3.14. The number of thiazole rings is 1. The molecule has 308 valence electrons. The maximum absolute atomic E-state index is 13.9. The number of esters is 1. The van der Waals surface area contributed by atoms with Crippen molar-refractivity contribution in [3.63, 3.8) is 0 Å². The van der Waals surface area contributed by atoms with Crippen LogP contribution >= 0.6 is 46.1 Å². The SMILES string of the molecule is C/C(=C/C[C@H](NC(=O)OC(C)(C)C)/C(C)=C/c1csc(C)n1)CCC[C@H](C)[C@H](OC(=O)OCC(Cl)(Cl)Cl)[C@@H](C)C(=O)C(C)(C)[C@@H](O)CC(=O)OC(C)(C)C. The summed E-state index contributed by atoms with van der Waals surface area (Å²) in [5.41, 5.74) is 0.00622. The van der Waals surface area contributed by atoms with Crippen LogP contribution in [-0.4, -0.2) is 73.9 Å². The van der Waals surface area contributed by atoms with Crippen LogP contribution < -0.4 is 5.32 Å². The normalized spacial score (nSPS) is 16.1. The van der Waals surface area contributed by atoms with Gasteiger partial charge in [-0.05, 0) is 106 Å². The van der Waals surface area contributed by atoms with Crippen LogP contribution in [0.15, 0.2) is 22.6 Å². The highest BCUT2D eigenvalue weighted by Crippen LogP contribution is 2.34. The van der Waals surface area contributed by atoms with E-state index in [1.165, 1.54) is 13.8 Å². The molecule has 5 atom stereocenters. The molecule has 0 aliphatic carbocycles. The number of halogens is 3. The first-order chi connectivity index (χ1) is 24.5. The van der Waals surface area contributed by atoms with Crippen LogP contribution in [0, 0.1) is 24.2 Å². The van der Waals surface area contributed by atoms with Crippen molar-refractivity contribution in [3.8, 4) is 0 Å². The third kappa shape index (κ3) is 19.5. The summed E-state index contributed by atoms with van der Waals surface area (Å²) < 4.78 is 19.7. The van der Waals surface area contributed by atoms with E-state index in [1.807, 2.05) is 59.9 Å². The van der Waals surface area contributed by atoms with Gasteiger partial charge in [0, 0.05) is 5.38 Å². The van der Waals surface area contributed by atoms with Crippen molar-refractivity contribution in [3.05, 3.63) is 33.3 Å². The number of rotatable bonds is 18. The van der Waals surface area contributed by atoms with Gasteiger partial charge in [0.1, 0.15) is 29.7 Å². The van der Waals surface area contributed by atoms with Crippen molar-refractivity contribution in [1.82, 2.24) is 10.3 Å². The van der Waals surface area contributed by atoms with E-state index in [1.54, 1.807) is 39.0 Å². The van der Waals surface area contributed by atoms with E-state index in [4.69, 9.17) is 53.8 Å². The average molecular weight is 840 g/mol. The summed E-state index contributed by atoms with van der Waals surface area (Å²) in [5.74, 6) is -2.31. The summed E-state index contributed by atoms with van der Waals surface area (Å²) in [5, 5.41) is 16.9. The molecule has 0 radical (unpaired) electrons. The fourth-order valence-electron chi connectivity index (χ4n) is 5.57. The van der Waals surface area contributed by atoms with Gasteiger partial charge in [-0.3, -0.25) is 9.59 Å². The maximum Gasteiger partial charge on any atom is 0.508 e. The number of nitrogens with one attached hydrogen (secondary N) is 1. The van der Waals surface area contributed by atoms with E-state index in [0.29, 0.717) is 25.7 Å². The van der Waals surface area contributed by atoms with Gasteiger partial charge in [-0.1, -0.05) is 74.1 Å². The quantitative estimate of drug-likeness (QED) is 0.0633. The Bertz CT molecular complexity index is 1470. The molecule has 15 heteroatoms. The van der Waals surface area contributed by atoms with E-state index in [0.717, 1.165) is 21.8 Å². The van der Waals surface area contributed by atoms with Gasteiger partial charge in [-0.2, -0.15) is 0 Å². The topological polar surface area (TPSA) is 150 Å². The zero-order valence-corrected chi connectivity index (χ0v) is 37.1. The molecule has 0 aliphatic rings. The van der Waals surface area contributed by atoms with Gasteiger partial charge >= 0.3 is 18.2 Å². The van der Waals surface area contributed by atoms with Crippen molar-refractivity contribution >= 4 is 76.2 Å². The number of amides is 1. The largest absolute Gasteiger partial charge is 0.508 e. The lowest BCUT2D eigenvalue weighted by Crippen LogP contribution is -2.47. The minimum atomic E-state index is -1.87. The molecular formula is C39H61Cl3N2O9S. The average Bonchev–Trinajstić information content (AvgIpc) is 3.41. The highest BCUT2D eigenvalue weighted by Gasteiger charge is 2.44. The summed E-state index contributed by atoms with van der Waals surface area (Å²) in [4.78, 5) is 56.4. The number of alkyl carbamates (subject to hydrolysis) is 1. The molecule has 1 aromatic rings. The van der Waals surface area contributed by atoms with Gasteiger partial charge in [0.2, 0.25) is 3.79 Å². The van der Waals surface area contributed by atoms with Crippen LogP contribution in [-0.2, 0) is 28.5 Å². The summed E-state index contributed by atoms with van der Waals surface area (Å²) in [6.07, 6.45) is 2.09. The van der Waals surface area contributed by atoms with Crippen LogP contribution in [0.1, 0.15) is 126 Å². The molecule has 0 bridgehead atoms. The van der Waals surface area contributed by atoms with Crippen molar-refractivity contribution < 1.29 is 43.2 Å². The number of aryl methyl sites for hydroxylation is 1. The van der Waals surface area contributed by atoms with E-state index in [2.05, 4.69) is 16.4 Å². The third-order valence-electron chi connectivity index (χ3n) is 8.49. The molecule has 0 fully saturated rings. The number of carbonyl (C=O) groups excluding carboxylic acids is 4. The fourth-order valence-corrected chi connectivity index (χ4v) is 6.30. The van der Waals surface area contributed by atoms with Crippen LogP contribution in [0.3, 0.4) is 0 Å². The molecule has 0 saturated carbocycles. The number of ether oxygens (including phenoxy) is 4. The molecule has 0 unspecified atom stereocenters. The monoisotopic (exact) mass is 838 g/mol. The number of hydrogen-bond donors (Lipinski definition) is 2. The molecule has 2 N–H and O–H groups in total. The molecule has 1 amide bonds. The summed E-state index contributed by atoms with van der Waals surface area (Å²) in [7, 11) is 0. The Hall–Kier alpha value is -2.38. The summed E-state index contributed by atoms with van der Waals surface area (Å²) in [6, 6.07) is -0.340. The zero-order chi connectivity index (χ0) is 41.8. The van der Waals surface area contributed by atoms with Crippen molar-refractivity contribution in [2.24, 2.45) is 17.3 Å².